The third-order valence-electron chi connectivity index (χ3n) is 4.79. The van der Waals surface area contributed by atoms with E-state index in [9.17, 15) is 9.50 Å². The van der Waals surface area contributed by atoms with Crippen LogP contribution in [0, 0.1) is 6.92 Å². The lowest BCUT2D eigenvalue weighted by molar-refractivity contribution is -0.0289. The Morgan fingerprint density at radius 1 is 1.04 bits per heavy atom. The van der Waals surface area contributed by atoms with Crippen molar-refractivity contribution in [2.75, 3.05) is 13.3 Å². The molecule has 0 bridgehead atoms. The second kappa shape index (κ2) is 7.44. The van der Waals surface area contributed by atoms with Gasteiger partial charge in [-0.25, -0.2) is 9.07 Å². The number of hydrogen-bond donors (Lipinski definition) is 1. The minimum atomic E-state index is -1.73. The summed E-state index contributed by atoms with van der Waals surface area (Å²) < 4.78 is 21.3. The fraction of sp³-hybridized carbons (Fsp3) is 0.174. The summed E-state index contributed by atoms with van der Waals surface area (Å²) in [6.45, 7) is 0.828. The van der Waals surface area contributed by atoms with E-state index in [-0.39, 0.29) is 6.61 Å². The number of ether oxygens (including phenoxy) is 1. The number of aryl methyl sites for hydroxylation is 1. The molecular formula is C23H21FN2O2. The highest BCUT2D eigenvalue weighted by atomic mass is 19.1. The summed E-state index contributed by atoms with van der Waals surface area (Å²) >= 11 is 0. The monoisotopic (exact) mass is 376 g/mol. The minimum Gasteiger partial charge on any atom is -0.490 e. The molecule has 0 saturated heterocycles. The van der Waals surface area contributed by atoms with Gasteiger partial charge in [-0.05, 0) is 54.4 Å². The molecule has 142 valence electrons. The van der Waals surface area contributed by atoms with E-state index in [1.165, 1.54) is 0 Å². The molecule has 0 amide bonds. The molecule has 5 heteroatoms. The molecule has 3 aromatic carbocycles. The van der Waals surface area contributed by atoms with Crippen molar-refractivity contribution in [1.82, 2.24) is 9.78 Å². The number of fused-ring (bicyclic) bond motifs is 1. The first-order valence-corrected chi connectivity index (χ1v) is 9.10. The fourth-order valence-corrected chi connectivity index (χ4v) is 3.20. The molecule has 0 radical (unpaired) electrons. The lowest BCUT2D eigenvalue weighted by Gasteiger charge is -2.25. The molecule has 0 fully saturated rings. The van der Waals surface area contributed by atoms with Gasteiger partial charge in [-0.15, -0.1) is 0 Å². The lowest BCUT2D eigenvalue weighted by atomic mass is 9.95. The van der Waals surface area contributed by atoms with Gasteiger partial charge in [0.1, 0.15) is 19.0 Å². The number of aromatic nitrogens is 2. The van der Waals surface area contributed by atoms with Gasteiger partial charge in [-0.3, -0.25) is 0 Å². The molecule has 0 aliphatic carbocycles. The molecule has 0 aliphatic rings. The second-order valence-corrected chi connectivity index (χ2v) is 6.94. The van der Waals surface area contributed by atoms with Crippen molar-refractivity contribution in [2.24, 2.45) is 0 Å². The van der Waals surface area contributed by atoms with Crippen LogP contribution in [0.2, 0.25) is 0 Å². The number of rotatable bonds is 6. The van der Waals surface area contributed by atoms with Gasteiger partial charge >= 0.3 is 0 Å². The first kappa shape index (κ1) is 18.2. The summed E-state index contributed by atoms with van der Waals surface area (Å²) in [6, 6.07) is 22.6. The van der Waals surface area contributed by atoms with Crippen LogP contribution in [0.25, 0.3) is 16.6 Å². The Labute approximate surface area is 162 Å². The third kappa shape index (κ3) is 3.49. The van der Waals surface area contributed by atoms with Gasteiger partial charge in [0.2, 0.25) is 0 Å². The number of halogens is 1. The van der Waals surface area contributed by atoms with Crippen LogP contribution in [0.4, 0.5) is 4.39 Å². The average Bonchev–Trinajstić information content (AvgIpc) is 3.16. The lowest BCUT2D eigenvalue weighted by Crippen LogP contribution is -2.35. The van der Waals surface area contributed by atoms with Crippen LogP contribution in [0.5, 0.6) is 5.75 Å². The number of para-hydroxylation sites is 1. The predicted octanol–water partition coefficient (Wildman–Crippen LogP) is 4.57. The zero-order valence-corrected chi connectivity index (χ0v) is 15.5. The summed E-state index contributed by atoms with van der Waals surface area (Å²) in [6.07, 6.45) is 1.71. The molecule has 4 aromatic rings. The second-order valence-electron chi connectivity index (χ2n) is 6.94. The molecule has 1 heterocycles. The summed E-state index contributed by atoms with van der Waals surface area (Å²) in [5, 5.41) is 16.1. The van der Waals surface area contributed by atoms with E-state index in [0.29, 0.717) is 11.3 Å². The fourth-order valence-electron chi connectivity index (χ4n) is 3.20. The van der Waals surface area contributed by atoms with Crippen LogP contribution >= 0.6 is 0 Å². The Morgan fingerprint density at radius 3 is 2.61 bits per heavy atom. The van der Waals surface area contributed by atoms with Gasteiger partial charge in [-0.2, -0.15) is 5.10 Å². The standard InChI is InChI=1S/C23H21FN2O2/c1-17-6-5-9-21(12-17)28-16-23(27,15-24)19-10-11-22-18(13-19)14-25-26(22)20-7-3-2-4-8-20/h2-14,27H,15-16H2,1H3. The van der Waals surface area contributed by atoms with Gasteiger partial charge in [0, 0.05) is 5.39 Å². The van der Waals surface area contributed by atoms with Crippen molar-refractivity contribution >= 4 is 10.9 Å². The van der Waals surface area contributed by atoms with Crippen LogP contribution in [-0.2, 0) is 5.60 Å². The number of aliphatic hydroxyl groups is 1. The molecular weight excluding hydrogens is 355 g/mol. The Balaban J connectivity index is 1.63. The molecule has 1 aromatic heterocycles. The third-order valence-corrected chi connectivity index (χ3v) is 4.79. The maximum atomic E-state index is 13.8. The number of benzene rings is 3. The van der Waals surface area contributed by atoms with Crippen molar-refractivity contribution in [1.29, 1.82) is 0 Å². The van der Waals surface area contributed by atoms with E-state index >= 15 is 0 Å². The highest BCUT2D eigenvalue weighted by Crippen LogP contribution is 2.28. The molecule has 4 nitrogen and oxygen atoms in total. The first-order chi connectivity index (χ1) is 13.6. The Morgan fingerprint density at radius 2 is 1.86 bits per heavy atom. The zero-order chi connectivity index (χ0) is 19.6. The average molecular weight is 376 g/mol. The molecule has 1 N–H and O–H groups in total. The van der Waals surface area contributed by atoms with Gasteiger partial charge in [0.25, 0.3) is 0 Å². The van der Waals surface area contributed by atoms with E-state index in [1.807, 2.05) is 66.2 Å². The Bertz CT molecular complexity index is 1090. The van der Waals surface area contributed by atoms with Gasteiger partial charge in [0.05, 0.1) is 17.4 Å². The van der Waals surface area contributed by atoms with Crippen molar-refractivity contribution in [2.45, 2.75) is 12.5 Å². The summed E-state index contributed by atoms with van der Waals surface area (Å²) in [5.41, 5.74) is 1.59. The van der Waals surface area contributed by atoms with Crippen LogP contribution in [0.1, 0.15) is 11.1 Å². The van der Waals surface area contributed by atoms with E-state index in [1.54, 1.807) is 24.4 Å². The number of nitrogens with zero attached hydrogens (tertiary/aromatic N) is 2. The van der Waals surface area contributed by atoms with E-state index < -0.39 is 12.3 Å². The molecule has 1 atom stereocenters. The Hall–Kier alpha value is -3.18. The zero-order valence-electron chi connectivity index (χ0n) is 15.5. The molecule has 0 spiro atoms. The highest BCUT2D eigenvalue weighted by molar-refractivity contribution is 5.81. The maximum Gasteiger partial charge on any atom is 0.152 e. The largest absolute Gasteiger partial charge is 0.490 e. The smallest absolute Gasteiger partial charge is 0.152 e. The van der Waals surface area contributed by atoms with Gasteiger partial charge in [0.15, 0.2) is 5.60 Å². The first-order valence-electron chi connectivity index (χ1n) is 9.10. The normalized spacial score (nSPS) is 13.4. The van der Waals surface area contributed by atoms with Crippen LogP contribution in [0.15, 0.2) is 79.0 Å². The van der Waals surface area contributed by atoms with E-state index in [2.05, 4.69) is 5.10 Å². The molecule has 0 saturated carbocycles. The van der Waals surface area contributed by atoms with Crippen molar-refractivity contribution in [3.63, 3.8) is 0 Å². The summed E-state index contributed by atoms with van der Waals surface area (Å²) in [5.74, 6) is 0.602. The molecule has 1 unspecified atom stereocenters. The van der Waals surface area contributed by atoms with E-state index in [0.717, 1.165) is 22.2 Å². The van der Waals surface area contributed by atoms with Gasteiger partial charge < -0.3 is 9.84 Å². The highest BCUT2D eigenvalue weighted by Gasteiger charge is 2.31. The van der Waals surface area contributed by atoms with E-state index in [4.69, 9.17) is 4.74 Å². The maximum absolute atomic E-state index is 13.8. The van der Waals surface area contributed by atoms with Crippen molar-refractivity contribution in [3.05, 3.63) is 90.1 Å². The molecule has 4 rings (SSSR count). The number of alkyl halides is 1. The van der Waals surface area contributed by atoms with Crippen LogP contribution in [0.3, 0.4) is 0 Å². The predicted molar refractivity (Wildman–Crippen MR) is 108 cm³/mol. The quantitative estimate of drug-likeness (QED) is 0.536. The van der Waals surface area contributed by atoms with Crippen LogP contribution in [-0.4, -0.2) is 28.2 Å². The van der Waals surface area contributed by atoms with Crippen molar-refractivity contribution in [3.8, 4) is 11.4 Å². The molecule has 28 heavy (non-hydrogen) atoms. The van der Waals surface area contributed by atoms with Gasteiger partial charge in [-0.1, -0.05) is 36.4 Å². The summed E-state index contributed by atoms with van der Waals surface area (Å²) in [7, 11) is 0. The minimum absolute atomic E-state index is 0.175. The topological polar surface area (TPSA) is 47.3 Å². The molecule has 0 aliphatic heterocycles. The number of hydrogen-bond acceptors (Lipinski definition) is 3. The summed E-state index contributed by atoms with van der Waals surface area (Å²) in [4.78, 5) is 0. The SMILES string of the molecule is Cc1cccc(OCC(O)(CF)c2ccc3c(cnn3-c3ccccc3)c2)c1. The Kier molecular flexibility index (Phi) is 4.84. The van der Waals surface area contributed by atoms with Crippen LogP contribution < -0.4 is 4.74 Å². The van der Waals surface area contributed by atoms with Crippen molar-refractivity contribution < 1.29 is 14.2 Å².